The maximum atomic E-state index is 11.9. The molecule has 5 heteroatoms. The van der Waals surface area contributed by atoms with Crippen molar-refractivity contribution in [1.82, 2.24) is 4.40 Å². The van der Waals surface area contributed by atoms with Gasteiger partial charge in [0.25, 0.3) is 0 Å². The van der Waals surface area contributed by atoms with E-state index in [4.69, 9.17) is 0 Å². The fourth-order valence-corrected chi connectivity index (χ4v) is 4.88. The largest absolute Gasteiger partial charge is 0.480 e. The van der Waals surface area contributed by atoms with Gasteiger partial charge in [-0.1, -0.05) is 24.8 Å². The maximum absolute atomic E-state index is 11.9. The zero-order chi connectivity index (χ0) is 19.6. The summed E-state index contributed by atoms with van der Waals surface area (Å²) in [7, 11) is 0. The number of fused-ring (bicyclic) bond motifs is 1. The van der Waals surface area contributed by atoms with Gasteiger partial charge in [0, 0.05) is 16.7 Å². The Labute approximate surface area is 163 Å². The van der Waals surface area contributed by atoms with Gasteiger partial charge in [-0.3, -0.25) is 4.79 Å². The van der Waals surface area contributed by atoms with Crippen LogP contribution in [0.15, 0.2) is 54.1 Å². The molecule has 2 aromatic rings. The summed E-state index contributed by atoms with van der Waals surface area (Å²) in [4.78, 5) is 12.7. The molecule has 0 amide bonds. The van der Waals surface area contributed by atoms with E-state index in [0.717, 1.165) is 33.7 Å². The summed E-state index contributed by atoms with van der Waals surface area (Å²) in [6, 6.07) is 7.93. The minimum Gasteiger partial charge on any atom is -0.480 e. The van der Waals surface area contributed by atoms with Crippen molar-refractivity contribution in [2.75, 3.05) is 0 Å². The molecule has 0 atom stereocenters. The van der Waals surface area contributed by atoms with E-state index in [-0.39, 0.29) is 0 Å². The van der Waals surface area contributed by atoms with E-state index >= 15 is 0 Å². The number of nitriles is 1. The molecule has 2 heterocycles. The molecule has 1 saturated carbocycles. The monoisotopic (exact) mass is 378 g/mol. The molecule has 0 unspecified atom stereocenters. The number of aromatic nitrogens is 1. The molecule has 1 fully saturated rings. The maximum Gasteiger partial charge on any atom is 0.320 e. The molecular weight excluding hydrogens is 356 g/mol. The second-order valence-electron chi connectivity index (χ2n) is 6.75. The lowest BCUT2D eigenvalue weighted by Gasteiger charge is -2.37. The van der Waals surface area contributed by atoms with Gasteiger partial charge in [0.1, 0.15) is 10.8 Å². The summed E-state index contributed by atoms with van der Waals surface area (Å²) in [6.07, 6.45) is 9.90. The normalized spacial score (nSPS) is 16.6. The minimum absolute atomic E-state index is 0.608. The molecule has 1 aliphatic carbocycles. The first-order valence-electron chi connectivity index (χ1n) is 8.90. The summed E-state index contributed by atoms with van der Waals surface area (Å²) in [5.74, 6) is -0.758. The molecule has 3 rings (SSSR count). The number of thioether (sulfide) groups is 1. The number of pyridine rings is 1. The molecule has 0 bridgehead atoms. The van der Waals surface area contributed by atoms with Crippen LogP contribution in [0.2, 0.25) is 0 Å². The topological polar surface area (TPSA) is 65.5 Å². The van der Waals surface area contributed by atoms with Gasteiger partial charge < -0.3 is 9.51 Å². The minimum atomic E-state index is -0.762. The van der Waals surface area contributed by atoms with Crippen LogP contribution in [-0.4, -0.2) is 20.2 Å². The van der Waals surface area contributed by atoms with Crippen LogP contribution in [0.3, 0.4) is 0 Å². The zero-order valence-electron chi connectivity index (χ0n) is 15.5. The smallest absolute Gasteiger partial charge is 0.320 e. The third-order valence-electron chi connectivity index (χ3n) is 4.94. The number of aryl methyl sites for hydroxylation is 1. The molecule has 1 N–H and O–H groups in total. The van der Waals surface area contributed by atoms with E-state index in [9.17, 15) is 15.2 Å². The van der Waals surface area contributed by atoms with Crippen LogP contribution in [0.1, 0.15) is 43.0 Å². The Bertz CT molecular complexity index is 1020. The van der Waals surface area contributed by atoms with Crippen molar-refractivity contribution in [2.45, 2.75) is 37.9 Å². The van der Waals surface area contributed by atoms with E-state index in [1.165, 1.54) is 11.8 Å². The van der Waals surface area contributed by atoms with Crippen LogP contribution in [0.25, 0.3) is 11.1 Å². The second-order valence-corrected chi connectivity index (χ2v) is 8.18. The van der Waals surface area contributed by atoms with Crippen LogP contribution in [0, 0.1) is 18.3 Å². The standard InChI is InChI=1S/C22H22N2O2S/c1-4-7-20(27-22(21(25)26)10-6-11-22)17(5-2)18-9-8-16(13-23)19-12-15(3)14-24(18)19/h4-5,7-9,12,14H,2,6,10-11H2,1,3H3,(H,25,26)/b7-4-,20-17-. The first-order chi connectivity index (χ1) is 13.0. The number of allylic oxidation sites excluding steroid dienone is 4. The van der Waals surface area contributed by atoms with Crippen molar-refractivity contribution >= 4 is 28.8 Å². The van der Waals surface area contributed by atoms with Crippen molar-refractivity contribution in [3.63, 3.8) is 0 Å². The number of hydrogen-bond acceptors (Lipinski definition) is 3. The molecule has 1 aliphatic rings. The van der Waals surface area contributed by atoms with Crippen LogP contribution >= 0.6 is 11.8 Å². The molecule has 138 valence electrons. The first kappa shape index (κ1) is 19.1. The predicted octanol–water partition coefficient (Wildman–Crippen LogP) is 5.33. The molecule has 0 spiro atoms. The van der Waals surface area contributed by atoms with Crippen LogP contribution in [0.5, 0.6) is 0 Å². The highest BCUT2D eigenvalue weighted by molar-refractivity contribution is 8.05. The van der Waals surface area contributed by atoms with Crippen LogP contribution in [0.4, 0.5) is 0 Å². The Morgan fingerprint density at radius 1 is 1.44 bits per heavy atom. The number of carbonyl (C=O) groups is 1. The molecule has 0 radical (unpaired) electrons. The van der Waals surface area contributed by atoms with Crippen molar-refractivity contribution in [1.29, 1.82) is 5.26 Å². The summed E-state index contributed by atoms with van der Waals surface area (Å²) in [5.41, 5.74) is 4.27. The number of carboxylic acids is 1. The summed E-state index contributed by atoms with van der Waals surface area (Å²) < 4.78 is 1.23. The SMILES string of the molecule is C=C/C(=C(\C=C/C)SC1(C(=O)O)CCC1)c1ccc(C#N)c2cc(C)cn12. The van der Waals surface area contributed by atoms with E-state index < -0.39 is 10.7 Å². The molecular formula is C22H22N2O2S. The second kappa shape index (κ2) is 7.50. The average Bonchev–Trinajstić information content (AvgIpc) is 2.99. The van der Waals surface area contributed by atoms with Crippen molar-refractivity contribution in [2.24, 2.45) is 0 Å². The summed E-state index contributed by atoms with van der Waals surface area (Å²) in [6.45, 7) is 7.90. The average molecular weight is 378 g/mol. The number of carboxylic acid groups (broad SMARTS) is 1. The molecule has 2 aromatic heterocycles. The van der Waals surface area contributed by atoms with E-state index in [0.29, 0.717) is 18.4 Å². The Morgan fingerprint density at radius 2 is 2.19 bits per heavy atom. The highest BCUT2D eigenvalue weighted by Gasteiger charge is 2.46. The van der Waals surface area contributed by atoms with Crippen molar-refractivity contribution < 1.29 is 9.90 Å². The third kappa shape index (κ3) is 3.33. The molecule has 0 aliphatic heterocycles. The van der Waals surface area contributed by atoms with E-state index in [2.05, 4.69) is 12.6 Å². The van der Waals surface area contributed by atoms with Gasteiger partial charge in [-0.2, -0.15) is 5.26 Å². The van der Waals surface area contributed by atoms with Gasteiger partial charge in [-0.15, -0.1) is 11.8 Å². The highest BCUT2D eigenvalue weighted by Crippen LogP contribution is 2.49. The van der Waals surface area contributed by atoms with Gasteiger partial charge in [-0.25, -0.2) is 0 Å². The molecule has 27 heavy (non-hydrogen) atoms. The molecule has 4 nitrogen and oxygen atoms in total. The quantitative estimate of drug-likeness (QED) is 0.690. The van der Waals surface area contributed by atoms with Crippen molar-refractivity contribution in [3.8, 4) is 6.07 Å². The Morgan fingerprint density at radius 3 is 2.70 bits per heavy atom. The third-order valence-corrected chi connectivity index (χ3v) is 6.49. The lowest BCUT2D eigenvalue weighted by Crippen LogP contribution is -2.41. The number of rotatable bonds is 6. The highest BCUT2D eigenvalue weighted by atomic mass is 32.2. The van der Waals surface area contributed by atoms with Gasteiger partial charge in [0.2, 0.25) is 0 Å². The fraction of sp³-hybridized carbons (Fsp3) is 0.273. The zero-order valence-corrected chi connectivity index (χ0v) is 16.3. The molecule has 0 aromatic carbocycles. The number of hydrogen-bond donors (Lipinski definition) is 1. The lowest BCUT2D eigenvalue weighted by atomic mass is 9.84. The van der Waals surface area contributed by atoms with Crippen LogP contribution in [-0.2, 0) is 4.79 Å². The van der Waals surface area contributed by atoms with Gasteiger partial charge in [-0.05, 0) is 56.9 Å². The Hall–Kier alpha value is -2.71. The van der Waals surface area contributed by atoms with E-state index in [1.54, 1.807) is 6.08 Å². The Balaban J connectivity index is 2.21. The Kier molecular flexibility index (Phi) is 5.29. The lowest BCUT2D eigenvalue weighted by molar-refractivity contribution is -0.142. The number of aliphatic carboxylic acids is 1. The van der Waals surface area contributed by atoms with E-state index in [1.807, 2.05) is 54.8 Å². The van der Waals surface area contributed by atoms with Gasteiger partial charge >= 0.3 is 5.97 Å². The van der Waals surface area contributed by atoms with Gasteiger partial charge in [0.05, 0.1) is 16.8 Å². The van der Waals surface area contributed by atoms with Crippen LogP contribution < -0.4 is 0 Å². The fourth-order valence-electron chi connectivity index (χ4n) is 3.37. The van der Waals surface area contributed by atoms with Crippen molar-refractivity contribution in [3.05, 3.63) is 70.9 Å². The number of nitrogens with zero attached hydrogens (tertiary/aromatic N) is 2. The molecule has 0 saturated heterocycles. The summed E-state index contributed by atoms with van der Waals surface area (Å²) in [5, 5.41) is 19.1. The first-order valence-corrected chi connectivity index (χ1v) is 9.71. The summed E-state index contributed by atoms with van der Waals surface area (Å²) >= 11 is 1.41. The van der Waals surface area contributed by atoms with Gasteiger partial charge in [0.15, 0.2) is 0 Å². The predicted molar refractivity (Wildman–Crippen MR) is 111 cm³/mol.